The van der Waals surface area contributed by atoms with Crippen molar-refractivity contribution < 1.29 is 14.4 Å². The van der Waals surface area contributed by atoms with Crippen molar-refractivity contribution >= 4 is 29.2 Å². The maximum Gasteiger partial charge on any atom is 0.323 e. The van der Waals surface area contributed by atoms with Crippen molar-refractivity contribution in [1.29, 1.82) is 0 Å². The number of benzene rings is 3. The van der Waals surface area contributed by atoms with Gasteiger partial charge in [0.05, 0.1) is 11.4 Å². The van der Waals surface area contributed by atoms with Crippen LogP contribution in [0.5, 0.6) is 0 Å². The summed E-state index contributed by atoms with van der Waals surface area (Å²) < 4.78 is 0. The zero-order valence-electron chi connectivity index (χ0n) is 18.9. The summed E-state index contributed by atoms with van der Waals surface area (Å²) in [5, 5.41) is 8.58. The Bertz CT molecular complexity index is 1130. The van der Waals surface area contributed by atoms with Gasteiger partial charge < -0.3 is 16.0 Å². The largest absolute Gasteiger partial charge is 0.354 e. The molecule has 0 fully saturated rings. The molecule has 0 unspecified atom stereocenters. The molecule has 0 aromatic heterocycles. The van der Waals surface area contributed by atoms with Gasteiger partial charge in [0.15, 0.2) is 0 Å². The number of amides is 4. The van der Waals surface area contributed by atoms with Crippen LogP contribution in [-0.4, -0.2) is 37.0 Å². The molecule has 7 nitrogen and oxygen atoms in total. The van der Waals surface area contributed by atoms with Gasteiger partial charge in [0.25, 0.3) is 0 Å². The summed E-state index contributed by atoms with van der Waals surface area (Å²) in [7, 11) is 0. The average Bonchev–Trinajstić information content (AvgIpc) is 2.86. The van der Waals surface area contributed by atoms with Crippen molar-refractivity contribution in [3.63, 3.8) is 0 Å². The van der Waals surface area contributed by atoms with E-state index in [1.165, 1.54) is 10.5 Å². The Labute approximate surface area is 199 Å². The van der Waals surface area contributed by atoms with Gasteiger partial charge in [0.2, 0.25) is 11.8 Å². The number of carbonyl (C=O) groups is 3. The molecular weight excluding hydrogens is 428 g/mol. The van der Waals surface area contributed by atoms with Crippen LogP contribution in [0.1, 0.15) is 17.5 Å². The maximum atomic E-state index is 13.2. The van der Waals surface area contributed by atoms with Gasteiger partial charge in [-0.05, 0) is 36.1 Å². The lowest BCUT2D eigenvalue weighted by molar-refractivity contribution is -0.122. The molecule has 3 N–H and O–H groups in total. The number of nitrogens with one attached hydrogen (secondary N) is 3. The zero-order chi connectivity index (χ0) is 23.8. The molecule has 1 heterocycles. The van der Waals surface area contributed by atoms with Crippen LogP contribution in [-0.2, 0) is 22.4 Å². The Morgan fingerprint density at radius 2 is 1.53 bits per heavy atom. The van der Waals surface area contributed by atoms with E-state index >= 15 is 0 Å². The standard InChI is InChI=1S/C27H28N4O3/c32-25-19-31(24-16-8-7-15-22(24)29-25)27(34)30-23(18-21-12-5-2-6-13-21)26(33)28-17-9-14-20-10-3-1-4-11-20/h1-8,10-13,15-16,23H,9,14,17-19H2,(H,28,33)(H,29,32)(H,30,34)/t23-/m1/s1. The first-order valence-corrected chi connectivity index (χ1v) is 11.4. The van der Waals surface area contributed by atoms with Crippen LogP contribution >= 0.6 is 0 Å². The van der Waals surface area contributed by atoms with Gasteiger partial charge in [0.1, 0.15) is 12.6 Å². The highest BCUT2D eigenvalue weighted by atomic mass is 16.2. The lowest BCUT2D eigenvalue weighted by Gasteiger charge is -2.30. The molecule has 3 aromatic rings. The Hall–Kier alpha value is -4.13. The van der Waals surface area contributed by atoms with Crippen LogP contribution in [0.15, 0.2) is 84.9 Å². The molecule has 4 rings (SSSR count). The minimum Gasteiger partial charge on any atom is -0.354 e. The molecule has 0 bridgehead atoms. The van der Waals surface area contributed by atoms with Crippen LogP contribution in [0.4, 0.5) is 16.2 Å². The van der Waals surface area contributed by atoms with Crippen molar-refractivity contribution in [2.24, 2.45) is 0 Å². The van der Waals surface area contributed by atoms with E-state index in [1.54, 1.807) is 24.3 Å². The maximum absolute atomic E-state index is 13.2. The van der Waals surface area contributed by atoms with Gasteiger partial charge in [0, 0.05) is 13.0 Å². The number of nitrogens with zero attached hydrogens (tertiary/aromatic N) is 1. The van der Waals surface area contributed by atoms with Gasteiger partial charge in [-0.3, -0.25) is 14.5 Å². The van der Waals surface area contributed by atoms with Crippen molar-refractivity contribution in [3.05, 3.63) is 96.1 Å². The fourth-order valence-corrected chi connectivity index (χ4v) is 3.97. The minimum atomic E-state index is -0.774. The highest BCUT2D eigenvalue weighted by molar-refractivity contribution is 6.10. The summed E-state index contributed by atoms with van der Waals surface area (Å²) in [4.78, 5) is 39.7. The van der Waals surface area contributed by atoms with E-state index in [-0.39, 0.29) is 18.4 Å². The van der Waals surface area contributed by atoms with Gasteiger partial charge >= 0.3 is 6.03 Å². The number of aryl methyl sites for hydroxylation is 1. The van der Waals surface area contributed by atoms with E-state index in [9.17, 15) is 14.4 Å². The van der Waals surface area contributed by atoms with E-state index in [1.807, 2.05) is 48.5 Å². The molecule has 174 valence electrons. The lowest BCUT2D eigenvalue weighted by atomic mass is 10.0. The first-order valence-electron chi connectivity index (χ1n) is 11.4. The third-order valence-electron chi connectivity index (χ3n) is 5.70. The topological polar surface area (TPSA) is 90.5 Å². The fourth-order valence-electron chi connectivity index (χ4n) is 3.97. The van der Waals surface area contributed by atoms with Crippen molar-refractivity contribution in [2.75, 3.05) is 23.3 Å². The number of urea groups is 1. The lowest BCUT2D eigenvalue weighted by Crippen LogP contribution is -2.54. The van der Waals surface area contributed by atoms with Crippen LogP contribution in [0, 0.1) is 0 Å². The number of para-hydroxylation sites is 2. The first kappa shape index (κ1) is 23.0. The number of fused-ring (bicyclic) bond motifs is 1. The van der Waals surface area contributed by atoms with Gasteiger partial charge in [-0.2, -0.15) is 0 Å². The molecule has 1 aliphatic rings. The van der Waals surface area contributed by atoms with E-state index < -0.39 is 12.1 Å². The SMILES string of the molecule is O=C1CN(C(=O)N[C@H](Cc2ccccc2)C(=O)NCCCc2ccccc2)c2ccccc2N1. The van der Waals surface area contributed by atoms with Crippen LogP contribution in [0.2, 0.25) is 0 Å². The number of anilines is 2. The predicted molar refractivity (Wildman–Crippen MR) is 133 cm³/mol. The Kier molecular flexibility index (Phi) is 7.55. The van der Waals surface area contributed by atoms with Crippen molar-refractivity contribution in [2.45, 2.75) is 25.3 Å². The van der Waals surface area contributed by atoms with Gasteiger partial charge in [-0.15, -0.1) is 0 Å². The van der Waals surface area contributed by atoms with Crippen LogP contribution in [0.3, 0.4) is 0 Å². The number of hydrogen-bond acceptors (Lipinski definition) is 3. The second-order valence-electron chi connectivity index (χ2n) is 8.22. The summed E-state index contributed by atoms with van der Waals surface area (Å²) in [5.74, 6) is -0.529. The average molecular weight is 457 g/mol. The van der Waals surface area contributed by atoms with Gasteiger partial charge in [-0.1, -0.05) is 72.8 Å². The molecule has 1 aliphatic heterocycles. The van der Waals surface area contributed by atoms with Gasteiger partial charge in [-0.25, -0.2) is 4.79 Å². The van der Waals surface area contributed by atoms with E-state index in [0.717, 1.165) is 18.4 Å². The number of rotatable bonds is 8. The molecule has 0 radical (unpaired) electrons. The minimum absolute atomic E-state index is 0.112. The summed E-state index contributed by atoms with van der Waals surface area (Å²) in [6.45, 7) is 0.392. The van der Waals surface area contributed by atoms with E-state index in [4.69, 9.17) is 0 Å². The fraction of sp³-hybridized carbons (Fsp3) is 0.222. The number of carbonyl (C=O) groups excluding carboxylic acids is 3. The third kappa shape index (κ3) is 6.01. The molecule has 34 heavy (non-hydrogen) atoms. The smallest absolute Gasteiger partial charge is 0.323 e. The molecule has 0 spiro atoms. The zero-order valence-corrected chi connectivity index (χ0v) is 18.9. The molecule has 1 atom stereocenters. The summed E-state index contributed by atoms with van der Waals surface area (Å²) >= 11 is 0. The summed E-state index contributed by atoms with van der Waals surface area (Å²) in [6, 6.07) is 25.5. The molecular formula is C27H28N4O3. The molecule has 3 aromatic carbocycles. The molecule has 4 amide bonds. The number of hydrogen-bond donors (Lipinski definition) is 3. The first-order chi connectivity index (χ1) is 16.6. The molecule has 7 heteroatoms. The van der Waals surface area contributed by atoms with Crippen molar-refractivity contribution in [1.82, 2.24) is 10.6 Å². The van der Waals surface area contributed by atoms with E-state index in [2.05, 4.69) is 28.1 Å². The molecule has 0 saturated heterocycles. The highest BCUT2D eigenvalue weighted by Gasteiger charge is 2.30. The molecule has 0 aliphatic carbocycles. The third-order valence-corrected chi connectivity index (χ3v) is 5.70. The van der Waals surface area contributed by atoms with Crippen LogP contribution in [0.25, 0.3) is 0 Å². The quantitative estimate of drug-likeness (QED) is 0.453. The monoisotopic (exact) mass is 456 g/mol. The second-order valence-corrected chi connectivity index (χ2v) is 8.22. The van der Waals surface area contributed by atoms with Crippen LogP contribution < -0.4 is 20.9 Å². The summed E-state index contributed by atoms with van der Waals surface area (Å²) in [6.07, 6.45) is 2.00. The predicted octanol–water partition coefficient (Wildman–Crippen LogP) is 3.52. The van der Waals surface area contributed by atoms with E-state index in [0.29, 0.717) is 24.3 Å². The Morgan fingerprint density at radius 3 is 2.26 bits per heavy atom. The highest BCUT2D eigenvalue weighted by Crippen LogP contribution is 2.28. The van der Waals surface area contributed by atoms with Crippen molar-refractivity contribution in [3.8, 4) is 0 Å². The Morgan fingerprint density at radius 1 is 0.882 bits per heavy atom. The molecule has 0 saturated carbocycles. The Balaban J connectivity index is 1.42. The normalized spacial score (nSPS) is 13.4. The second kappa shape index (κ2) is 11.1. The summed E-state index contributed by atoms with van der Waals surface area (Å²) in [5.41, 5.74) is 3.32.